The molecule has 0 saturated carbocycles. The Balaban J connectivity index is 1.49. The van der Waals surface area contributed by atoms with Gasteiger partial charge in [-0.05, 0) is 35.9 Å². The summed E-state index contributed by atoms with van der Waals surface area (Å²) in [5, 5.41) is 19.5. The minimum atomic E-state index is -0.183. The summed E-state index contributed by atoms with van der Waals surface area (Å²) in [6.45, 7) is 1.24. The van der Waals surface area contributed by atoms with E-state index in [9.17, 15) is 4.79 Å². The summed E-state index contributed by atoms with van der Waals surface area (Å²) >= 11 is 0. The molecule has 26 heavy (non-hydrogen) atoms. The summed E-state index contributed by atoms with van der Waals surface area (Å²) in [4.78, 5) is 12.4. The van der Waals surface area contributed by atoms with E-state index < -0.39 is 0 Å². The number of hydrogen-bond acceptors (Lipinski definition) is 5. The third kappa shape index (κ3) is 3.17. The monoisotopic (exact) mass is 348 g/mol. The van der Waals surface area contributed by atoms with E-state index in [-0.39, 0.29) is 12.3 Å². The Morgan fingerprint density at radius 1 is 1.19 bits per heavy atom. The Kier molecular flexibility index (Phi) is 4.15. The summed E-state index contributed by atoms with van der Waals surface area (Å²) in [7, 11) is 0. The maximum atomic E-state index is 12.4. The lowest BCUT2D eigenvalue weighted by molar-refractivity contribution is -0.115. The first-order valence-electron chi connectivity index (χ1n) is 8.29. The molecular formula is C19H16N4O3. The average molecular weight is 348 g/mol. The van der Waals surface area contributed by atoms with Crippen molar-refractivity contribution in [1.82, 2.24) is 10.2 Å². The number of aromatic nitrogens is 2. The van der Waals surface area contributed by atoms with Crippen LogP contribution in [0.3, 0.4) is 0 Å². The van der Waals surface area contributed by atoms with E-state index >= 15 is 0 Å². The number of nitrogens with one attached hydrogen (secondary N) is 2. The van der Waals surface area contributed by atoms with Gasteiger partial charge in [0, 0.05) is 11.8 Å². The summed E-state index contributed by atoms with van der Waals surface area (Å²) in [6, 6.07) is 12.7. The molecule has 1 amide bonds. The van der Waals surface area contributed by atoms with Gasteiger partial charge in [0.2, 0.25) is 5.91 Å². The summed E-state index contributed by atoms with van der Waals surface area (Å²) in [6.07, 6.45) is 1.03. The van der Waals surface area contributed by atoms with Gasteiger partial charge in [0.1, 0.15) is 0 Å². The van der Waals surface area contributed by atoms with E-state index in [1.54, 1.807) is 18.2 Å². The highest BCUT2D eigenvalue weighted by molar-refractivity contribution is 6.00. The Morgan fingerprint density at radius 3 is 2.88 bits per heavy atom. The Bertz CT molecular complexity index is 1020. The van der Waals surface area contributed by atoms with Crippen LogP contribution in [-0.2, 0) is 11.2 Å². The van der Waals surface area contributed by atoms with Gasteiger partial charge in [0.25, 0.3) is 0 Å². The maximum Gasteiger partial charge on any atom is 0.230 e. The van der Waals surface area contributed by atoms with Crippen LogP contribution in [0, 0.1) is 11.3 Å². The fraction of sp³-hybridized carbons (Fsp3) is 0.211. The predicted molar refractivity (Wildman–Crippen MR) is 95.2 cm³/mol. The number of nitrogens with zero attached hydrogens (tertiary/aromatic N) is 2. The highest BCUT2D eigenvalue weighted by atomic mass is 16.5. The van der Waals surface area contributed by atoms with Crippen LogP contribution in [-0.4, -0.2) is 29.3 Å². The number of fused-ring (bicyclic) bond motifs is 2. The maximum absolute atomic E-state index is 12.4. The molecule has 7 nitrogen and oxygen atoms in total. The molecular weight excluding hydrogens is 332 g/mol. The van der Waals surface area contributed by atoms with Crippen molar-refractivity contribution in [3.8, 4) is 17.6 Å². The third-order valence-electron chi connectivity index (χ3n) is 4.13. The van der Waals surface area contributed by atoms with E-state index in [1.807, 2.05) is 18.2 Å². The van der Waals surface area contributed by atoms with Crippen molar-refractivity contribution in [3.63, 3.8) is 0 Å². The van der Waals surface area contributed by atoms with Gasteiger partial charge in [-0.15, -0.1) is 0 Å². The first-order chi connectivity index (χ1) is 12.7. The molecule has 130 valence electrons. The number of ether oxygens (including phenoxy) is 2. The molecule has 4 rings (SSSR count). The summed E-state index contributed by atoms with van der Waals surface area (Å²) in [5.41, 5.74) is 2.07. The molecule has 1 aliphatic heterocycles. The van der Waals surface area contributed by atoms with E-state index in [1.165, 1.54) is 0 Å². The van der Waals surface area contributed by atoms with Crippen LogP contribution in [0.25, 0.3) is 10.9 Å². The Labute approximate surface area is 149 Å². The first-order valence-corrected chi connectivity index (χ1v) is 8.29. The van der Waals surface area contributed by atoms with Crippen molar-refractivity contribution in [2.75, 3.05) is 18.5 Å². The van der Waals surface area contributed by atoms with Gasteiger partial charge in [0.05, 0.1) is 36.8 Å². The number of carbonyl (C=O) groups is 1. The zero-order valence-electron chi connectivity index (χ0n) is 13.9. The number of carbonyl (C=O) groups excluding carboxylic acids is 1. The van der Waals surface area contributed by atoms with Crippen LogP contribution >= 0.6 is 0 Å². The van der Waals surface area contributed by atoms with Gasteiger partial charge >= 0.3 is 0 Å². The predicted octanol–water partition coefficient (Wildman–Crippen LogP) is 2.78. The van der Waals surface area contributed by atoms with Crippen LogP contribution in [0.15, 0.2) is 36.4 Å². The molecule has 0 aliphatic carbocycles. The molecule has 2 heterocycles. The lowest BCUT2D eigenvalue weighted by Gasteiger charge is -2.09. The second-order valence-corrected chi connectivity index (χ2v) is 6.00. The Hall–Kier alpha value is -3.53. The highest BCUT2D eigenvalue weighted by Crippen LogP contribution is 2.30. The largest absolute Gasteiger partial charge is 0.490 e. The van der Waals surface area contributed by atoms with E-state index in [4.69, 9.17) is 14.7 Å². The van der Waals surface area contributed by atoms with E-state index in [0.29, 0.717) is 41.6 Å². The van der Waals surface area contributed by atoms with E-state index in [0.717, 1.165) is 17.4 Å². The number of H-pyrrole nitrogens is 1. The van der Waals surface area contributed by atoms with Crippen molar-refractivity contribution in [2.24, 2.45) is 0 Å². The number of anilines is 1. The zero-order valence-corrected chi connectivity index (χ0v) is 13.9. The average Bonchev–Trinajstić information content (AvgIpc) is 2.89. The normalized spacial score (nSPS) is 13.0. The molecule has 0 unspecified atom stereocenters. The second-order valence-electron chi connectivity index (χ2n) is 6.00. The topological polar surface area (TPSA) is 100 Å². The van der Waals surface area contributed by atoms with Gasteiger partial charge in [-0.25, -0.2) is 0 Å². The second kappa shape index (κ2) is 6.76. The van der Waals surface area contributed by atoms with Crippen molar-refractivity contribution in [3.05, 3.63) is 47.5 Å². The minimum Gasteiger partial charge on any atom is -0.490 e. The number of rotatable bonds is 3. The third-order valence-corrected chi connectivity index (χ3v) is 4.13. The lowest BCUT2D eigenvalue weighted by atomic mass is 10.1. The molecule has 0 saturated heterocycles. The smallest absolute Gasteiger partial charge is 0.230 e. The molecule has 0 spiro atoms. The van der Waals surface area contributed by atoms with Crippen LogP contribution < -0.4 is 14.8 Å². The van der Waals surface area contributed by atoms with Gasteiger partial charge in [-0.1, -0.05) is 6.07 Å². The molecule has 2 N–H and O–H groups in total. The van der Waals surface area contributed by atoms with Gasteiger partial charge < -0.3 is 14.8 Å². The fourth-order valence-electron chi connectivity index (χ4n) is 2.86. The van der Waals surface area contributed by atoms with Crippen LogP contribution in [0.2, 0.25) is 0 Å². The number of amides is 1. The number of benzene rings is 2. The Morgan fingerprint density at radius 2 is 2.04 bits per heavy atom. The molecule has 2 aromatic carbocycles. The molecule has 0 atom stereocenters. The molecule has 7 heteroatoms. The number of aromatic amines is 1. The molecule has 1 aliphatic rings. The van der Waals surface area contributed by atoms with Crippen molar-refractivity contribution in [2.45, 2.75) is 12.8 Å². The molecule has 1 aromatic heterocycles. The molecule has 0 radical (unpaired) electrons. The molecule has 0 bridgehead atoms. The minimum absolute atomic E-state index is 0.183. The van der Waals surface area contributed by atoms with Crippen molar-refractivity contribution < 1.29 is 14.3 Å². The van der Waals surface area contributed by atoms with Crippen molar-refractivity contribution in [1.29, 1.82) is 5.26 Å². The zero-order chi connectivity index (χ0) is 17.9. The van der Waals surface area contributed by atoms with Gasteiger partial charge in [-0.2, -0.15) is 10.4 Å². The SMILES string of the molecule is N#Cc1ccc2c(NC(=O)Cc3ccc4c(c3)OCCCO4)n[nH]c2c1. The fourth-order valence-corrected chi connectivity index (χ4v) is 2.86. The number of nitriles is 1. The van der Waals surface area contributed by atoms with Crippen molar-refractivity contribution >= 4 is 22.6 Å². The van der Waals surface area contributed by atoms with Gasteiger partial charge in [-0.3, -0.25) is 9.89 Å². The molecule has 0 fully saturated rings. The quantitative estimate of drug-likeness (QED) is 0.758. The van der Waals surface area contributed by atoms with Crippen LogP contribution in [0.5, 0.6) is 11.5 Å². The number of hydrogen-bond donors (Lipinski definition) is 2. The first kappa shape index (κ1) is 16.0. The lowest BCUT2D eigenvalue weighted by Crippen LogP contribution is -2.15. The van der Waals surface area contributed by atoms with Crippen LogP contribution in [0.4, 0.5) is 5.82 Å². The van der Waals surface area contributed by atoms with Gasteiger partial charge in [0.15, 0.2) is 17.3 Å². The standard InChI is InChI=1S/C19H16N4O3/c20-11-13-2-4-14-15(8-13)22-23-19(14)21-18(24)10-12-3-5-16-17(9-12)26-7-1-6-25-16/h2-5,8-9H,1,6-7,10H2,(H2,21,22,23,24). The summed E-state index contributed by atoms with van der Waals surface area (Å²) < 4.78 is 11.3. The highest BCUT2D eigenvalue weighted by Gasteiger charge is 2.14. The molecule has 3 aromatic rings. The summed E-state index contributed by atoms with van der Waals surface area (Å²) in [5.74, 6) is 1.64. The van der Waals surface area contributed by atoms with E-state index in [2.05, 4.69) is 21.6 Å². The van der Waals surface area contributed by atoms with Crippen LogP contribution in [0.1, 0.15) is 17.5 Å².